The summed E-state index contributed by atoms with van der Waals surface area (Å²) in [6.45, 7) is 0.464. The number of hydrogen-bond acceptors (Lipinski definition) is 3. The SMILES string of the molecule is O=C(C1CC(F)CN1S(=O)(=O)Cc1ccccc1F)N1CCc2ccccc2C1. The Balaban J connectivity index is 1.55. The topological polar surface area (TPSA) is 57.7 Å². The summed E-state index contributed by atoms with van der Waals surface area (Å²) in [5.41, 5.74) is 2.19. The van der Waals surface area contributed by atoms with Gasteiger partial charge in [-0.3, -0.25) is 4.79 Å². The molecule has 1 saturated heterocycles. The van der Waals surface area contributed by atoms with Gasteiger partial charge >= 0.3 is 0 Å². The highest BCUT2D eigenvalue weighted by Crippen LogP contribution is 2.29. The van der Waals surface area contributed by atoms with Crippen molar-refractivity contribution in [1.29, 1.82) is 0 Å². The molecular weight excluding hydrogens is 398 g/mol. The molecule has 4 rings (SSSR count). The lowest BCUT2D eigenvalue weighted by Gasteiger charge is -2.33. The molecule has 2 heterocycles. The van der Waals surface area contributed by atoms with Gasteiger partial charge in [-0.1, -0.05) is 42.5 Å². The van der Waals surface area contributed by atoms with Crippen LogP contribution in [0.25, 0.3) is 0 Å². The molecule has 1 amide bonds. The van der Waals surface area contributed by atoms with Crippen LogP contribution >= 0.6 is 0 Å². The monoisotopic (exact) mass is 420 g/mol. The van der Waals surface area contributed by atoms with Crippen LogP contribution in [0.4, 0.5) is 8.78 Å². The van der Waals surface area contributed by atoms with Gasteiger partial charge in [-0.15, -0.1) is 0 Å². The Morgan fingerprint density at radius 3 is 2.52 bits per heavy atom. The van der Waals surface area contributed by atoms with Crippen molar-refractivity contribution in [3.63, 3.8) is 0 Å². The molecule has 0 N–H and O–H groups in total. The third-order valence-electron chi connectivity index (χ3n) is 5.59. The fourth-order valence-electron chi connectivity index (χ4n) is 4.08. The van der Waals surface area contributed by atoms with Gasteiger partial charge in [0.1, 0.15) is 18.0 Å². The van der Waals surface area contributed by atoms with Crippen LogP contribution < -0.4 is 0 Å². The Kier molecular flexibility index (Phi) is 5.40. The molecule has 29 heavy (non-hydrogen) atoms. The zero-order valence-electron chi connectivity index (χ0n) is 15.8. The second-order valence-electron chi connectivity index (χ2n) is 7.54. The number of carbonyl (C=O) groups excluding carboxylic acids is 1. The number of rotatable bonds is 4. The van der Waals surface area contributed by atoms with Gasteiger partial charge in [0.05, 0.1) is 5.75 Å². The Bertz CT molecular complexity index is 1030. The minimum Gasteiger partial charge on any atom is -0.337 e. The number of fused-ring (bicyclic) bond motifs is 1. The Morgan fingerprint density at radius 1 is 1.07 bits per heavy atom. The van der Waals surface area contributed by atoms with Crippen molar-refractivity contribution in [3.05, 3.63) is 71.0 Å². The number of carbonyl (C=O) groups is 1. The van der Waals surface area contributed by atoms with E-state index in [-0.39, 0.29) is 18.5 Å². The van der Waals surface area contributed by atoms with Crippen molar-refractivity contribution in [1.82, 2.24) is 9.21 Å². The molecule has 0 saturated carbocycles. The van der Waals surface area contributed by atoms with Crippen molar-refractivity contribution in [2.75, 3.05) is 13.1 Å². The molecule has 1 fully saturated rings. The Labute approximate surface area is 169 Å². The molecule has 2 aromatic carbocycles. The van der Waals surface area contributed by atoms with Crippen molar-refractivity contribution in [2.45, 2.75) is 37.4 Å². The van der Waals surface area contributed by atoms with E-state index in [1.54, 1.807) is 11.0 Å². The summed E-state index contributed by atoms with van der Waals surface area (Å²) in [7, 11) is -4.06. The number of amides is 1. The minimum absolute atomic E-state index is 0.00732. The van der Waals surface area contributed by atoms with Crippen LogP contribution in [0, 0.1) is 5.82 Å². The van der Waals surface area contributed by atoms with E-state index in [4.69, 9.17) is 0 Å². The number of sulfonamides is 1. The molecule has 8 heteroatoms. The molecule has 0 aromatic heterocycles. The average molecular weight is 420 g/mol. The Morgan fingerprint density at radius 2 is 1.76 bits per heavy atom. The standard InChI is InChI=1S/C21H22F2N2O3S/c22-18-11-20(21(26)24-10-9-15-5-1-2-6-16(15)12-24)25(13-18)29(27,28)14-17-7-3-4-8-19(17)23/h1-8,18,20H,9-14H2. The maximum Gasteiger partial charge on any atom is 0.241 e. The van der Waals surface area contributed by atoms with E-state index in [0.717, 1.165) is 15.4 Å². The molecule has 0 bridgehead atoms. The lowest BCUT2D eigenvalue weighted by Crippen LogP contribution is -2.49. The minimum atomic E-state index is -4.06. The molecule has 0 spiro atoms. The first kappa shape index (κ1) is 20.0. The molecular formula is C21H22F2N2O3S. The van der Waals surface area contributed by atoms with E-state index >= 15 is 0 Å². The number of halogens is 2. The molecule has 2 aliphatic rings. The predicted octanol–water partition coefficient (Wildman–Crippen LogP) is 2.65. The highest BCUT2D eigenvalue weighted by molar-refractivity contribution is 7.88. The van der Waals surface area contributed by atoms with Crippen LogP contribution in [0.1, 0.15) is 23.1 Å². The highest BCUT2D eigenvalue weighted by atomic mass is 32.2. The predicted molar refractivity (Wildman–Crippen MR) is 105 cm³/mol. The van der Waals surface area contributed by atoms with Crippen LogP contribution in [-0.2, 0) is 33.5 Å². The van der Waals surface area contributed by atoms with Gasteiger partial charge < -0.3 is 4.90 Å². The first-order chi connectivity index (χ1) is 13.8. The highest BCUT2D eigenvalue weighted by Gasteiger charge is 2.45. The molecule has 2 unspecified atom stereocenters. The summed E-state index contributed by atoms with van der Waals surface area (Å²) in [6.07, 6.45) is -0.917. The van der Waals surface area contributed by atoms with E-state index in [9.17, 15) is 22.0 Å². The second-order valence-corrected chi connectivity index (χ2v) is 9.47. The fourth-order valence-corrected chi connectivity index (χ4v) is 5.82. The van der Waals surface area contributed by atoms with E-state index in [0.29, 0.717) is 19.5 Å². The van der Waals surface area contributed by atoms with E-state index in [1.807, 2.05) is 24.3 Å². The number of hydrogen-bond donors (Lipinski definition) is 0. The van der Waals surface area contributed by atoms with Gasteiger partial charge in [-0.2, -0.15) is 4.31 Å². The average Bonchev–Trinajstić information content (AvgIpc) is 3.11. The summed E-state index contributed by atoms with van der Waals surface area (Å²) in [5, 5.41) is 0. The molecule has 2 atom stereocenters. The maximum atomic E-state index is 14.2. The van der Waals surface area contributed by atoms with Crippen LogP contribution in [0.2, 0.25) is 0 Å². The van der Waals surface area contributed by atoms with E-state index < -0.39 is 39.7 Å². The molecule has 2 aliphatic heterocycles. The smallest absolute Gasteiger partial charge is 0.241 e. The largest absolute Gasteiger partial charge is 0.337 e. The van der Waals surface area contributed by atoms with Crippen molar-refractivity contribution >= 4 is 15.9 Å². The summed E-state index contributed by atoms with van der Waals surface area (Å²) >= 11 is 0. The quantitative estimate of drug-likeness (QED) is 0.764. The van der Waals surface area contributed by atoms with Gasteiger partial charge in [-0.05, 0) is 23.6 Å². The van der Waals surface area contributed by atoms with E-state index in [2.05, 4.69) is 0 Å². The van der Waals surface area contributed by atoms with Crippen molar-refractivity contribution in [2.24, 2.45) is 0 Å². The lowest BCUT2D eigenvalue weighted by atomic mass is 9.99. The van der Waals surface area contributed by atoms with E-state index in [1.165, 1.54) is 18.2 Å². The molecule has 0 aliphatic carbocycles. The molecule has 154 valence electrons. The van der Waals surface area contributed by atoms with Crippen molar-refractivity contribution in [3.8, 4) is 0 Å². The maximum absolute atomic E-state index is 14.2. The summed E-state index contributed by atoms with van der Waals surface area (Å²) in [5.74, 6) is -1.63. The molecule has 5 nitrogen and oxygen atoms in total. The van der Waals surface area contributed by atoms with Crippen LogP contribution in [-0.4, -0.2) is 48.8 Å². The third kappa shape index (κ3) is 4.04. The normalized spacial score (nSPS) is 22.5. The van der Waals surface area contributed by atoms with Gasteiger partial charge in [0.2, 0.25) is 15.9 Å². The summed E-state index contributed by atoms with van der Waals surface area (Å²) in [4.78, 5) is 14.7. The number of benzene rings is 2. The van der Waals surface area contributed by atoms with Crippen molar-refractivity contribution < 1.29 is 22.0 Å². The number of nitrogens with zero attached hydrogens (tertiary/aromatic N) is 2. The molecule has 0 radical (unpaired) electrons. The van der Waals surface area contributed by atoms with Gasteiger partial charge in [0, 0.05) is 31.6 Å². The van der Waals surface area contributed by atoms with Crippen LogP contribution in [0.5, 0.6) is 0 Å². The first-order valence-electron chi connectivity index (χ1n) is 9.58. The summed E-state index contributed by atoms with van der Waals surface area (Å²) < 4.78 is 54.9. The summed E-state index contributed by atoms with van der Waals surface area (Å²) in [6, 6.07) is 12.3. The zero-order chi connectivity index (χ0) is 20.6. The lowest BCUT2D eigenvalue weighted by molar-refractivity contribution is -0.135. The second kappa shape index (κ2) is 7.84. The van der Waals surface area contributed by atoms with Gasteiger partial charge in [0.15, 0.2) is 0 Å². The van der Waals surface area contributed by atoms with Crippen LogP contribution in [0.3, 0.4) is 0 Å². The number of alkyl halides is 1. The zero-order valence-corrected chi connectivity index (χ0v) is 16.6. The first-order valence-corrected chi connectivity index (χ1v) is 11.2. The van der Waals surface area contributed by atoms with Crippen LogP contribution in [0.15, 0.2) is 48.5 Å². The fraction of sp³-hybridized carbons (Fsp3) is 0.381. The molecule has 2 aromatic rings. The third-order valence-corrected chi connectivity index (χ3v) is 7.38. The Hall–Kier alpha value is -2.32. The van der Waals surface area contributed by atoms with Gasteiger partial charge in [-0.25, -0.2) is 17.2 Å². The van der Waals surface area contributed by atoms with Gasteiger partial charge in [0.25, 0.3) is 0 Å².